The Morgan fingerprint density at radius 1 is 1.23 bits per heavy atom. The van der Waals surface area contributed by atoms with Crippen LogP contribution in [0, 0.1) is 5.92 Å². The van der Waals surface area contributed by atoms with Gasteiger partial charge in [0.2, 0.25) is 5.91 Å². The predicted octanol–water partition coefficient (Wildman–Crippen LogP) is 2.26. The van der Waals surface area contributed by atoms with E-state index in [4.69, 9.17) is 9.47 Å². The standard InChI is InChI=1S/C17H23NO4/c1-13(2)16(19)18-10-6-9-15(18)17(20)22-12-11-21-14-7-4-3-5-8-14/h3-5,7-8,13,15H,6,9-12H2,1-2H3. The second kappa shape index (κ2) is 7.82. The molecule has 2 rings (SSSR count). The van der Waals surface area contributed by atoms with Crippen LogP contribution in [0.2, 0.25) is 0 Å². The highest BCUT2D eigenvalue weighted by atomic mass is 16.6. The largest absolute Gasteiger partial charge is 0.490 e. The lowest BCUT2D eigenvalue weighted by Gasteiger charge is -2.24. The van der Waals surface area contributed by atoms with Crippen molar-refractivity contribution >= 4 is 11.9 Å². The summed E-state index contributed by atoms with van der Waals surface area (Å²) in [6, 6.07) is 8.94. The number of esters is 1. The van der Waals surface area contributed by atoms with Crippen molar-refractivity contribution in [1.29, 1.82) is 0 Å². The summed E-state index contributed by atoms with van der Waals surface area (Å²) in [5.41, 5.74) is 0. The Morgan fingerprint density at radius 2 is 1.95 bits per heavy atom. The molecule has 1 atom stereocenters. The molecule has 1 amide bonds. The molecule has 1 aliphatic heterocycles. The van der Waals surface area contributed by atoms with Crippen molar-refractivity contribution in [3.8, 4) is 5.75 Å². The van der Waals surface area contributed by atoms with Gasteiger partial charge in [0.05, 0.1) is 0 Å². The molecule has 1 aromatic carbocycles. The lowest BCUT2D eigenvalue weighted by molar-refractivity contribution is -0.154. The number of hydrogen-bond donors (Lipinski definition) is 0. The van der Waals surface area contributed by atoms with Crippen molar-refractivity contribution in [2.75, 3.05) is 19.8 Å². The van der Waals surface area contributed by atoms with E-state index in [9.17, 15) is 9.59 Å². The minimum Gasteiger partial charge on any atom is -0.490 e. The number of benzene rings is 1. The molecule has 0 aliphatic carbocycles. The average molecular weight is 305 g/mol. The number of carbonyl (C=O) groups is 2. The lowest BCUT2D eigenvalue weighted by Crippen LogP contribution is -2.43. The Kier molecular flexibility index (Phi) is 5.81. The number of hydrogen-bond acceptors (Lipinski definition) is 4. The van der Waals surface area contributed by atoms with Gasteiger partial charge in [-0.05, 0) is 25.0 Å². The molecule has 1 aliphatic rings. The van der Waals surface area contributed by atoms with Crippen molar-refractivity contribution in [2.24, 2.45) is 5.92 Å². The van der Waals surface area contributed by atoms with Crippen molar-refractivity contribution in [1.82, 2.24) is 4.90 Å². The number of amides is 1. The van der Waals surface area contributed by atoms with Crippen LogP contribution in [0.1, 0.15) is 26.7 Å². The van der Waals surface area contributed by atoms with Gasteiger partial charge >= 0.3 is 5.97 Å². The summed E-state index contributed by atoms with van der Waals surface area (Å²) in [6.07, 6.45) is 1.52. The maximum absolute atomic E-state index is 12.1. The van der Waals surface area contributed by atoms with E-state index in [-0.39, 0.29) is 24.4 Å². The maximum Gasteiger partial charge on any atom is 0.328 e. The third-order valence-corrected chi connectivity index (χ3v) is 3.64. The Bertz CT molecular complexity index is 501. The van der Waals surface area contributed by atoms with Crippen molar-refractivity contribution < 1.29 is 19.1 Å². The maximum atomic E-state index is 12.1. The van der Waals surface area contributed by atoms with Gasteiger partial charge in [-0.25, -0.2) is 4.79 Å². The molecule has 1 fully saturated rings. The SMILES string of the molecule is CC(C)C(=O)N1CCCC1C(=O)OCCOc1ccccc1. The van der Waals surface area contributed by atoms with Crippen LogP contribution in [0.4, 0.5) is 0 Å². The lowest BCUT2D eigenvalue weighted by atomic mass is 10.1. The summed E-state index contributed by atoms with van der Waals surface area (Å²) < 4.78 is 10.7. The van der Waals surface area contributed by atoms with Gasteiger partial charge in [0, 0.05) is 12.5 Å². The number of rotatable bonds is 6. The highest BCUT2D eigenvalue weighted by Crippen LogP contribution is 2.20. The molecule has 0 aromatic heterocycles. The molecule has 120 valence electrons. The Balaban J connectivity index is 1.76. The zero-order valence-corrected chi connectivity index (χ0v) is 13.2. The topological polar surface area (TPSA) is 55.8 Å². The van der Waals surface area contributed by atoms with Gasteiger partial charge in [-0.2, -0.15) is 0 Å². The fraction of sp³-hybridized carbons (Fsp3) is 0.529. The summed E-state index contributed by atoms with van der Waals surface area (Å²) in [7, 11) is 0. The first-order chi connectivity index (χ1) is 10.6. The highest BCUT2D eigenvalue weighted by Gasteiger charge is 2.35. The zero-order chi connectivity index (χ0) is 15.9. The third kappa shape index (κ3) is 4.23. The van der Waals surface area contributed by atoms with Crippen LogP contribution in [0.15, 0.2) is 30.3 Å². The van der Waals surface area contributed by atoms with Gasteiger partial charge in [0.25, 0.3) is 0 Å². The number of likely N-dealkylation sites (tertiary alicyclic amines) is 1. The molecular formula is C17H23NO4. The molecule has 22 heavy (non-hydrogen) atoms. The molecule has 0 radical (unpaired) electrons. The minimum absolute atomic E-state index is 0.0139. The molecule has 0 spiro atoms. The number of nitrogens with zero attached hydrogens (tertiary/aromatic N) is 1. The van der Waals surface area contributed by atoms with E-state index in [1.165, 1.54) is 0 Å². The fourth-order valence-corrected chi connectivity index (χ4v) is 2.52. The van der Waals surface area contributed by atoms with E-state index < -0.39 is 6.04 Å². The first kappa shape index (κ1) is 16.3. The van der Waals surface area contributed by atoms with E-state index in [1.54, 1.807) is 4.90 Å². The summed E-state index contributed by atoms with van der Waals surface area (Å²) in [5, 5.41) is 0. The molecular weight excluding hydrogens is 282 g/mol. The van der Waals surface area contributed by atoms with Crippen molar-refractivity contribution in [3.05, 3.63) is 30.3 Å². The number of carbonyl (C=O) groups excluding carboxylic acids is 2. The Labute approximate surface area is 131 Å². The molecule has 1 aromatic rings. The van der Waals surface area contributed by atoms with Gasteiger partial charge < -0.3 is 14.4 Å². The molecule has 5 nitrogen and oxygen atoms in total. The predicted molar refractivity (Wildman–Crippen MR) is 82.5 cm³/mol. The second-order valence-corrected chi connectivity index (χ2v) is 5.67. The quantitative estimate of drug-likeness (QED) is 0.597. The Hall–Kier alpha value is -2.04. The zero-order valence-electron chi connectivity index (χ0n) is 13.2. The minimum atomic E-state index is -0.438. The second-order valence-electron chi connectivity index (χ2n) is 5.67. The average Bonchev–Trinajstić information content (AvgIpc) is 3.01. The van der Waals surface area contributed by atoms with E-state index in [2.05, 4.69) is 0 Å². The molecule has 0 bridgehead atoms. The third-order valence-electron chi connectivity index (χ3n) is 3.64. The smallest absolute Gasteiger partial charge is 0.328 e. The number of ether oxygens (including phenoxy) is 2. The van der Waals surface area contributed by atoms with Gasteiger partial charge in [0.1, 0.15) is 25.0 Å². The van der Waals surface area contributed by atoms with Crippen LogP contribution < -0.4 is 4.74 Å². The van der Waals surface area contributed by atoms with E-state index in [0.29, 0.717) is 19.6 Å². The number of para-hydroxylation sites is 1. The van der Waals surface area contributed by atoms with E-state index >= 15 is 0 Å². The molecule has 1 unspecified atom stereocenters. The van der Waals surface area contributed by atoms with Gasteiger partial charge in [-0.15, -0.1) is 0 Å². The summed E-state index contributed by atoms with van der Waals surface area (Å²) in [4.78, 5) is 25.8. The van der Waals surface area contributed by atoms with Gasteiger partial charge in [-0.1, -0.05) is 32.0 Å². The molecule has 1 saturated heterocycles. The van der Waals surface area contributed by atoms with Crippen LogP contribution in [-0.4, -0.2) is 42.6 Å². The summed E-state index contributed by atoms with van der Waals surface area (Å²) >= 11 is 0. The van der Waals surface area contributed by atoms with Crippen LogP contribution in [0.25, 0.3) is 0 Å². The summed E-state index contributed by atoms with van der Waals surface area (Å²) in [5.74, 6) is 0.328. The van der Waals surface area contributed by atoms with E-state index in [0.717, 1.165) is 12.2 Å². The molecule has 5 heteroatoms. The molecule has 1 heterocycles. The highest BCUT2D eigenvalue weighted by molar-refractivity contribution is 5.86. The van der Waals surface area contributed by atoms with Crippen LogP contribution >= 0.6 is 0 Å². The first-order valence-corrected chi connectivity index (χ1v) is 7.74. The molecule has 0 saturated carbocycles. The van der Waals surface area contributed by atoms with Crippen molar-refractivity contribution in [2.45, 2.75) is 32.7 Å². The fourth-order valence-electron chi connectivity index (χ4n) is 2.52. The van der Waals surface area contributed by atoms with Crippen LogP contribution in [-0.2, 0) is 14.3 Å². The normalized spacial score (nSPS) is 17.6. The summed E-state index contributed by atoms with van der Waals surface area (Å²) in [6.45, 7) is 4.82. The first-order valence-electron chi connectivity index (χ1n) is 7.74. The van der Waals surface area contributed by atoms with Crippen molar-refractivity contribution in [3.63, 3.8) is 0 Å². The van der Waals surface area contributed by atoms with Gasteiger partial charge in [-0.3, -0.25) is 4.79 Å². The van der Waals surface area contributed by atoms with Crippen LogP contribution in [0.3, 0.4) is 0 Å². The monoisotopic (exact) mass is 305 g/mol. The van der Waals surface area contributed by atoms with Gasteiger partial charge in [0.15, 0.2) is 0 Å². The van der Waals surface area contributed by atoms with E-state index in [1.807, 2.05) is 44.2 Å². The Morgan fingerprint density at radius 3 is 2.64 bits per heavy atom. The van der Waals surface area contributed by atoms with Crippen LogP contribution in [0.5, 0.6) is 5.75 Å². The molecule has 0 N–H and O–H groups in total.